The van der Waals surface area contributed by atoms with Crippen LogP contribution >= 0.6 is 11.8 Å². The van der Waals surface area contributed by atoms with Crippen LogP contribution in [0.3, 0.4) is 0 Å². The highest BCUT2D eigenvalue weighted by molar-refractivity contribution is 7.99. The number of nitrogens with zero attached hydrogens (tertiary/aromatic N) is 2. The first-order valence-electron chi connectivity index (χ1n) is 6.74. The number of rotatable bonds is 2. The molecular weight excluding hydrogens is 306 g/mol. The summed E-state index contributed by atoms with van der Waals surface area (Å²) in [6.45, 7) is 2.48. The molecule has 112 valence electrons. The van der Waals surface area contributed by atoms with Gasteiger partial charge >= 0.3 is 0 Å². The minimum Gasteiger partial charge on any atom is -0.398 e. The number of anilines is 1. The van der Waals surface area contributed by atoms with E-state index in [1.165, 1.54) is 0 Å². The maximum atomic E-state index is 13.0. The number of benzene rings is 1. The number of sulfonamides is 1. The lowest BCUT2D eigenvalue weighted by Crippen LogP contribution is -2.44. The summed E-state index contributed by atoms with van der Waals surface area (Å²) >= 11 is 1.78. The molecule has 1 atom stereocenters. The van der Waals surface area contributed by atoms with Crippen molar-refractivity contribution in [2.24, 2.45) is 0 Å². The summed E-state index contributed by atoms with van der Waals surface area (Å²) in [5, 5.41) is 0.678. The number of nitrogen functional groups attached to an aromatic ring is 1. The molecule has 2 aromatic rings. The SMILES string of the molecule is CC1CSCCN1S(=O)(=O)c1ccc(N)c2cccnc12. The molecule has 1 aliphatic heterocycles. The van der Waals surface area contributed by atoms with Crippen molar-refractivity contribution in [1.82, 2.24) is 9.29 Å². The summed E-state index contributed by atoms with van der Waals surface area (Å²) in [7, 11) is -3.55. The van der Waals surface area contributed by atoms with Gasteiger partial charge in [0, 0.05) is 41.4 Å². The molecule has 1 aromatic heterocycles. The summed E-state index contributed by atoms with van der Waals surface area (Å²) < 4.78 is 27.5. The third kappa shape index (κ3) is 2.49. The Morgan fingerprint density at radius 1 is 1.38 bits per heavy atom. The molecule has 1 fully saturated rings. The van der Waals surface area contributed by atoms with Crippen LogP contribution in [0.15, 0.2) is 35.4 Å². The third-order valence-electron chi connectivity index (χ3n) is 3.66. The van der Waals surface area contributed by atoms with E-state index in [0.29, 0.717) is 23.1 Å². The maximum absolute atomic E-state index is 13.0. The molecule has 5 nitrogen and oxygen atoms in total. The van der Waals surface area contributed by atoms with Crippen LogP contribution in [0, 0.1) is 0 Å². The number of nitrogens with two attached hydrogens (primary N) is 1. The molecule has 0 radical (unpaired) electrons. The highest BCUT2D eigenvalue weighted by atomic mass is 32.2. The van der Waals surface area contributed by atoms with Crippen molar-refractivity contribution in [3.8, 4) is 0 Å². The Labute approximate surface area is 128 Å². The third-order valence-corrected chi connectivity index (χ3v) is 6.89. The topological polar surface area (TPSA) is 76.3 Å². The molecule has 0 aliphatic carbocycles. The van der Waals surface area contributed by atoms with Gasteiger partial charge in [0.05, 0.1) is 5.52 Å². The van der Waals surface area contributed by atoms with Gasteiger partial charge in [0.15, 0.2) is 0 Å². The summed E-state index contributed by atoms with van der Waals surface area (Å²) in [6.07, 6.45) is 1.59. The molecule has 1 saturated heterocycles. The molecule has 21 heavy (non-hydrogen) atoms. The van der Waals surface area contributed by atoms with Crippen molar-refractivity contribution in [3.63, 3.8) is 0 Å². The molecule has 0 amide bonds. The lowest BCUT2D eigenvalue weighted by atomic mass is 10.2. The molecule has 3 rings (SSSR count). The highest BCUT2D eigenvalue weighted by Gasteiger charge is 2.32. The van der Waals surface area contributed by atoms with E-state index in [2.05, 4.69) is 4.98 Å². The first kappa shape index (κ1) is 14.6. The van der Waals surface area contributed by atoms with E-state index in [0.717, 1.165) is 11.5 Å². The second-order valence-corrected chi connectivity index (χ2v) is 8.10. The lowest BCUT2D eigenvalue weighted by molar-refractivity contribution is 0.368. The highest BCUT2D eigenvalue weighted by Crippen LogP contribution is 2.30. The van der Waals surface area contributed by atoms with Crippen LogP contribution in [-0.2, 0) is 10.0 Å². The largest absolute Gasteiger partial charge is 0.398 e. The fraction of sp³-hybridized carbons (Fsp3) is 0.357. The molecule has 2 N–H and O–H groups in total. The summed E-state index contributed by atoms with van der Waals surface area (Å²) in [6, 6.07) is 6.75. The minimum atomic E-state index is -3.55. The predicted octanol–water partition coefficient (Wildman–Crippen LogP) is 1.94. The molecule has 0 spiro atoms. The Morgan fingerprint density at radius 3 is 2.95 bits per heavy atom. The van der Waals surface area contributed by atoms with E-state index >= 15 is 0 Å². The summed E-state index contributed by atoms with van der Waals surface area (Å²) in [5.41, 5.74) is 6.91. The van der Waals surface area contributed by atoms with Crippen LogP contribution < -0.4 is 5.73 Å². The van der Waals surface area contributed by atoms with Gasteiger partial charge in [0.2, 0.25) is 10.0 Å². The zero-order valence-electron chi connectivity index (χ0n) is 11.7. The van der Waals surface area contributed by atoms with Crippen LogP contribution in [0.4, 0.5) is 5.69 Å². The fourth-order valence-corrected chi connectivity index (χ4v) is 5.58. The van der Waals surface area contributed by atoms with E-state index in [-0.39, 0.29) is 10.9 Å². The van der Waals surface area contributed by atoms with Crippen LogP contribution in [0.2, 0.25) is 0 Å². The Bertz CT molecular complexity index is 777. The molecule has 0 saturated carbocycles. The normalized spacial score (nSPS) is 20.7. The number of fused-ring (bicyclic) bond motifs is 1. The van der Waals surface area contributed by atoms with E-state index in [1.807, 2.05) is 6.92 Å². The van der Waals surface area contributed by atoms with Crippen LogP contribution in [0.25, 0.3) is 10.9 Å². The molecule has 1 aliphatic rings. The first-order valence-corrected chi connectivity index (χ1v) is 9.34. The van der Waals surface area contributed by atoms with Crippen LogP contribution in [0.1, 0.15) is 6.92 Å². The van der Waals surface area contributed by atoms with Crippen molar-refractivity contribution in [3.05, 3.63) is 30.5 Å². The molecule has 7 heteroatoms. The Kier molecular flexibility index (Phi) is 3.81. The number of thioether (sulfide) groups is 1. The molecule has 2 heterocycles. The second-order valence-electron chi connectivity index (χ2n) is 5.09. The average Bonchev–Trinajstić information content (AvgIpc) is 2.48. The average molecular weight is 323 g/mol. The van der Waals surface area contributed by atoms with Crippen molar-refractivity contribution in [1.29, 1.82) is 0 Å². The van der Waals surface area contributed by atoms with Gasteiger partial charge < -0.3 is 5.73 Å². The smallest absolute Gasteiger partial charge is 0.245 e. The maximum Gasteiger partial charge on any atom is 0.245 e. The second kappa shape index (κ2) is 5.47. The Balaban J connectivity index is 2.17. The van der Waals surface area contributed by atoms with E-state index in [4.69, 9.17) is 5.73 Å². The van der Waals surface area contributed by atoms with Gasteiger partial charge in [-0.25, -0.2) is 8.42 Å². The van der Waals surface area contributed by atoms with E-state index < -0.39 is 10.0 Å². The van der Waals surface area contributed by atoms with Crippen LogP contribution in [0.5, 0.6) is 0 Å². The number of hydrogen-bond acceptors (Lipinski definition) is 5. The Morgan fingerprint density at radius 2 is 2.19 bits per heavy atom. The van der Waals surface area contributed by atoms with Gasteiger partial charge in [0.1, 0.15) is 4.90 Å². The minimum absolute atomic E-state index is 0.00920. The fourth-order valence-electron chi connectivity index (χ4n) is 2.57. The van der Waals surface area contributed by atoms with Crippen molar-refractivity contribution in [2.45, 2.75) is 17.9 Å². The lowest BCUT2D eigenvalue weighted by Gasteiger charge is -2.32. The van der Waals surface area contributed by atoms with E-state index in [1.54, 1.807) is 46.5 Å². The number of hydrogen-bond donors (Lipinski definition) is 1. The van der Waals surface area contributed by atoms with Gasteiger partial charge in [-0.3, -0.25) is 4.98 Å². The molecule has 0 bridgehead atoms. The van der Waals surface area contributed by atoms with Crippen molar-refractivity contribution < 1.29 is 8.42 Å². The quantitative estimate of drug-likeness (QED) is 0.855. The molecule has 1 aromatic carbocycles. The predicted molar refractivity (Wildman–Crippen MR) is 86.8 cm³/mol. The monoisotopic (exact) mass is 323 g/mol. The number of pyridine rings is 1. The zero-order chi connectivity index (χ0) is 15.0. The Hall–Kier alpha value is -1.31. The molecule has 1 unspecified atom stereocenters. The summed E-state index contributed by atoms with van der Waals surface area (Å²) in [4.78, 5) is 4.48. The standard InChI is InChI=1S/C14H17N3O2S2/c1-10-9-20-8-7-17(10)21(18,19)13-5-4-12(15)11-3-2-6-16-14(11)13/h2-6,10H,7-9,15H2,1H3. The van der Waals surface area contributed by atoms with Gasteiger partial charge in [-0.15, -0.1) is 0 Å². The number of aromatic nitrogens is 1. The van der Waals surface area contributed by atoms with Crippen molar-refractivity contribution in [2.75, 3.05) is 23.8 Å². The van der Waals surface area contributed by atoms with Crippen molar-refractivity contribution >= 4 is 38.4 Å². The van der Waals surface area contributed by atoms with Gasteiger partial charge in [-0.05, 0) is 31.2 Å². The van der Waals surface area contributed by atoms with Crippen LogP contribution in [-0.4, -0.2) is 41.8 Å². The molecular formula is C14H17N3O2S2. The summed E-state index contributed by atoms with van der Waals surface area (Å²) in [5.74, 6) is 1.64. The van der Waals surface area contributed by atoms with Gasteiger partial charge in [0.25, 0.3) is 0 Å². The van der Waals surface area contributed by atoms with Gasteiger partial charge in [-0.2, -0.15) is 16.1 Å². The zero-order valence-corrected chi connectivity index (χ0v) is 13.3. The first-order chi connectivity index (χ1) is 10.0. The van der Waals surface area contributed by atoms with Gasteiger partial charge in [-0.1, -0.05) is 0 Å². The van der Waals surface area contributed by atoms with E-state index in [9.17, 15) is 8.42 Å².